The summed E-state index contributed by atoms with van der Waals surface area (Å²) < 4.78 is 0. The molecule has 3 aromatic carbocycles. The van der Waals surface area contributed by atoms with Crippen molar-refractivity contribution in [3.8, 4) is 0 Å². The van der Waals surface area contributed by atoms with Crippen LogP contribution < -0.4 is 4.90 Å². The first kappa shape index (κ1) is 18.6. The molecule has 2 heterocycles. The minimum Gasteiger partial charge on any atom is -0.307 e. The number of para-hydroxylation sites is 1. The van der Waals surface area contributed by atoms with Gasteiger partial charge in [0.2, 0.25) is 5.91 Å². The van der Waals surface area contributed by atoms with Gasteiger partial charge in [-0.1, -0.05) is 73.7 Å². The smallest absolute Gasteiger partial charge is 0.258 e. The van der Waals surface area contributed by atoms with Gasteiger partial charge in [0.05, 0.1) is 11.3 Å². The molecule has 5 rings (SSSR count). The van der Waals surface area contributed by atoms with Crippen LogP contribution >= 0.6 is 0 Å². The lowest BCUT2D eigenvalue weighted by atomic mass is 9.88. The van der Waals surface area contributed by atoms with Gasteiger partial charge < -0.3 is 4.90 Å². The van der Waals surface area contributed by atoms with Crippen LogP contribution in [0.25, 0.3) is 0 Å². The molecule has 2 amide bonds. The Bertz CT molecular complexity index is 1110. The van der Waals surface area contributed by atoms with Crippen molar-refractivity contribution in [2.45, 2.75) is 38.4 Å². The molecule has 1 atom stereocenters. The van der Waals surface area contributed by atoms with Gasteiger partial charge in [0, 0.05) is 19.4 Å². The molecule has 4 heteroatoms. The fraction of sp³-hybridized carbons (Fsp3) is 0.231. The van der Waals surface area contributed by atoms with Crippen LogP contribution in [0.2, 0.25) is 0 Å². The first-order valence-corrected chi connectivity index (χ1v) is 10.5. The molecular formula is C26H24N2O2. The largest absolute Gasteiger partial charge is 0.307 e. The van der Waals surface area contributed by atoms with Crippen LogP contribution in [0.5, 0.6) is 0 Å². The summed E-state index contributed by atoms with van der Waals surface area (Å²) in [6.45, 7) is 2.58. The van der Waals surface area contributed by atoms with E-state index in [0.29, 0.717) is 30.6 Å². The molecule has 3 aromatic rings. The molecule has 1 unspecified atom stereocenters. The fourth-order valence-corrected chi connectivity index (χ4v) is 4.87. The highest BCUT2D eigenvalue weighted by Gasteiger charge is 2.56. The van der Waals surface area contributed by atoms with E-state index in [0.717, 1.165) is 17.5 Å². The second-order valence-corrected chi connectivity index (χ2v) is 7.99. The van der Waals surface area contributed by atoms with Crippen molar-refractivity contribution in [2.24, 2.45) is 0 Å². The van der Waals surface area contributed by atoms with Gasteiger partial charge in [-0.3, -0.25) is 14.5 Å². The Hall–Kier alpha value is -3.40. The van der Waals surface area contributed by atoms with Crippen LogP contribution in [-0.4, -0.2) is 16.7 Å². The molecule has 0 radical (unpaired) electrons. The van der Waals surface area contributed by atoms with Gasteiger partial charge >= 0.3 is 0 Å². The molecule has 0 aromatic heterocycles. The minimum absolute atomic E-state index is 0.0278. The van der Waals surface area contributed by atoms with E-state index in [1.54, 1.807) is 0 Å². The van der Waals surface area contributed by atoms with Crippen LogP contribution in [0.4, 0.5) is 5.69 Å². The fourth-order valence-electron chi connectivity index (χ4n) is 4.87. The van der Waals surface area contributed by atoms with E-state index in [-0.39, 0.29) is 11.8 Å². The van der Waals surface area contributed by atoms with Gasteiger partial charge in [0.1, 0.15) is 5.66 Å². The number of benzene rings is 3. The second-order valence-electron chi connectivity index (χ2n) is 7.99. The Balaban J connectivity index is 1.73. The average molecular weight is 396 g/mol. The highest BCUT2D eigenvalue weighted by atomic mass is 16.2. The zero-order valence-electron chi connectivity index (χ0n) is 17.0. The number of aryl methyl sites for hydroxylation is 1. The Labute approximate surface area is 176 Å². The monoisotopic (exact) mass is 396 g/mol. The lowest BCUT2D eigenvalue weighted by Crippen LogP contribution is -2.61. The second kappa shape index (κ2) is 7.13. The number of fused-ring (bicyclic) bond motifs is 3. The molecule has 0 N–H and O–H groups in total. The molecule has 0 saturated carbocycles. The normalized spacial score (nSPS) is 20.3. The lowest BCUT2D eigenvalue weighted by molar-refractivity contribution is -0.118. The van der Waals surface area contributed by atoms with Crippen molar-refractivity contribution in [3.05, 3.63) is 101 Å². The van der Waals surface area contributed by atoms with E-state index < -0.39 is 5.66 Å². The molecule has 1 saturated heterocycles. The van der Waals surface area contributed by atoms with Gasteiger partial charge in [-0.25, -0.2) is 0 Å². The third kappa shape index (κ3) is 2.67. The summed E-state index contributed by atoms with van der Waals surface area (Å²) in [7, 11) is 0. The summed E-state index contributed by atoms with van der Waals surface area (Å²) in [5.41, 5.74) is 3.78. The van der Waals surface area contributed by atoms with Crippen molar-refractivity contribution in [1.29, 1.82) is 0 Å². The third-order valence-electron chi connectivity index (χ3n) is 6.38. The van der Waals surface area contributed by atoms with E-state index >= 15 is 0 Å². The summed E-state index contributed by atoms with van der Waals surface area (Å²) in [5.74, 6) is 0.0348. The summed E-state index contributed by atoms with van der Waals surface area (Å²) >= 11 is 0. The van der Waals surface area contributed by atoms with E-state index in [1.165, 1.54) is 5.56 Å². The van der Waals surface area contributed by atoms with E-state index in [1.807, 2.05) is 64.4 Å². The van der Waals surface area contributed by atoms with Crippen molar-refractivity contribution < 1.29 is 9.59 Å². The Morgan fingerprint density at radius 2 is 1.53 bits per heavy atom. The van der Waals surface area contributed by atoms with Gasteiger partial charge in [-0.05, 0) is 35.2 Å². The lowest BCUT2D eigenvalue weighted by Gasteiger charge is -2.51. The molecular weight excluding hydrogens is 372 g/mol. The Morgan fingerprint density at radius 1 is 0.833 bits per heavy atom. The SMILES string of the molecule is CCc1ccc(C23CCC(=O)N2c2ccccc2C(=O)N3Cc2ccccc2)cc1. The van der Waals surface area contributed by atoms with Gasteiger partial charge in [-0.15, -0.1) is 0 Å². The number of nitrogens with zero attached hydrogens (tertiary/aromatic N) is 2. The number of hydrogen-bond acceptors (Lipinski definition) is 2. The van der Waals surface area contributed by atoms with Crippen LogP contribution in [0, 0.1) is 0 Å². The molecule has 150 valence electrons. The quantitative estimate of drug-likeness (QED) is 0.630. The Morgan fingerprint density at radius 3 is 2.27 bits per heavy atom. The maximum atomic E-state index is 13.8. The number of anilines is 1. The summed E-state index contributed by atoms with van der Waals surface area (Å²) in [6.07, 6.45) is 1.96. The zero-order chi connectivity index (χ0) is 20.7. The van der Waals surface area contributed by atoms with Gasteiger partial charge in [0.25, 0.3) is 5.91 Å². The summed E-state index contributed by atoms with van der Waals surface area (Å²) in [4.78, 5) is 30.7. The van der Waals surface area contributed by atoms with Crippen LogP contribution in [0.1, 0.15) is 46.8 Å². The Kier molecular flexibility index (Phi) is 4.43. The van der Waals surface area contributed by atoms with Crippen molar-refractivity contribution in [3.63, 3.8) is 0 Å². The zero-order valence-corrected chi connectivity index (χ0v) is 17.0. The van der Waals surface area contributed by atoms with Crippen molar-refractivity contribution in [1.82, 2.24) is 4.90 Å². The van der Waals surface area contributed by atoms with E-state index in [4.69, 9.17) is 0 Å². The molecule has 0 bridgehead atoms. The number of hydrogen-bond donors (Lipinski definition) is 0. The predicted molar refractivity (Wildman–Crippen MR) is 117 cm³/mol. The number of amides is 2. The maximum Gasteiger partial charge on any atom is 0.258 e. The first-order chi connectivity index (χ1) is 14.6. The molecule has 1 fully saturated rings. The van der Waals surface area contributed by atoms with Crippen LogP contribution in [0.3, 0.4) is 0 Å². The van der Waals surface area contributed by atoms with Gasteiger partial charge in [-0.2, -0.15) is 0 Å². The number of carbonyl (C=O) groups excluding carboxylic acids is 2. The highest BCUT2D eigenvalue weighted by Crippen LogP contribution is 2.50. The van der Waals surface area contributed by atoms with Crippen LogP contribution in [0.15, 0.2) is 78.9 Å². The van der Waals surface area contributed by atoms with Gasteiger partial charge in [0.15, 0.2) is 0 Å². The topological polar surface area (TPSA) is 40.6 Å². The summed E-state index contributed by atoms with van der Waals surface area (Å²) in [5, 5.41) is 0. The number of carbonyl (C=O) groups is 2. The molecule has 2 aliphatic rings. The predicted octanol–water partition coefficient (Wildman–Crippen LogP) is 4.88. The van der Waals surface area contributed by atoms with Crippen molar-refractivity contribution in [2.75, 3.05) is 4.90 Å². The number of rotatable bonds is 4. The maximum absolute atomic E-state index is 13.8. The first-order valence-electron chi connectivity index (χ1n) is 10.5. The average Bonchev–Trinajstić information content (AvgIpc) is 3.15. The van der Waals surface area contributed by atoms with Crippen molar-refractivity contribution >= 4 is 17.5 Å². The third-order valence-corrected chi connectivity index (χ3v) is 6.38. The minimum atomic E-state index is -0.801. The van der Waals surface area contributed by atoms with Crippen LogP contribution in [-0.2, 0) is 23.4 Å². The molecule has 0 spiro atoms. The molecule has 0 aliphatic carbocycles. The highest BCUT2D eigenvalue weighted by molar-refractivity contribution is 6.10. The standard InChI is InChI=1S/C26H24N2O2/c1-2-19-12-14-21(15-13-19)26-17-16-24(29)28(26)23-11-7-6-10-22(23)25(30)27(26)18-20-8-4-3-5-9-20/h3-15H,2,16-18H2,1H3. The molecule has 30 heavy (non-hydrogen) atoms. The molecule has 2 aliphatic heterocycles. The van der Waals surface area contributed by atoms with E-state index in [9.17, 15) is 9.59 Å². The van der Waals surface area contributed by atoms with E-state index in [2.05, 4.69) is 31.2 Å². The summed E-state index contributed by atoms with van der Waals surface area (Å²) in [6, 6.07) is 25.9. The molecule has 4 nitrogen and oxygen atoms in total.